The molecule has 0 bridgehead atoms. The number of fused-ring (bicyclic) bond motifs is 3. The Morgan fingerprint density at radius 1 is 1.32 bits per heavy atom. The van der Waals surface area contributed by atoms with Crippen LogP contribution in [0.5, 0.6) is 0 Å². The molecular weight excluding hydrogens is 316 g/mol. The van der Waals surface area contributed by atoms with E-state index >= 15 is 0 Å². The molecule has 0 spiro atoms. The van der Waals surface area contributed by atoms with Gasteiger partial charge in [-0.05, 0) is 31.2 Å². The van der Waals surface area contributed by atoms with Crippen molar-refractivity contribution in [1.29, 1.82) is 0 Å². The molecule has 0 radical (unpaired) electrons. The predicted molar refractivity (Wildman–Crippen MR) is 89.0 cm³/mol. The van der Waals surface area contributed by atoms with Gasteiger partial charge in [0.2, 0.25) is 0 Å². The van der Waals surface area contributed by atoms with E-state index in [-0.39, 0.29) is 0 Å². The third kappa shape index (κ3) is 2.36. The summed E-state index contributed by atoms with van der Waals surface area (Å²) in [6, 6.07) is 0. The molecule has 0 fully saturated rings. The number of nitrogen functional groups attached to an aromatic ring is 1. The Morgan fingerprint density at radius 3 is 3.00 bits per heavy atom. The van der Waals surface area contributed by atoms with Crippen LogP contribution in [-0.4, -0.2) is 24.7 Å². The van der Waals surface area contributed by atoms with Gasteiger partial charge in [0.1, 0.15) is 22.8 Å². The Bertz CT molecular complexity index is 837. The highest BCUT2D eigenvalue weighted by Crippen LogP contribution is 2.38. The van der Waals surface area contributed by atoms with E-state index in [2.05, 4.69) is 15.2 Å². The van der Waals surface area contributed by atoms with Crippen LogP contribution >= 0.6 is 23.1 Å². The number of hydrogen-bond donors (Lipinski definition) is 1. The standard InChI is InChI=1S/C14H16N6S2/c1-20-7-16-19-14(20)21-6-10-17-12(15)11-8-4-2-3-5-9(8)22-13(11)18-10/h7H,2-6H2,1H3,(H2,15,17,18). The van der Waals surface area contributed by atoms with E-state index < -0.39 is 0 Å². The van der Waals surface area contributed by atoms with Gasteiger partial charge in [-0.1, -0.05) is 11.8 Å². The second-order valence-electron chi connectivity index (χ2n) is 5.43. The van der Waals surface area contributed by atoms with Crippen LogP contribution in [0.15, 0.2) is 11.5 Å². The van der Waals surface area contributed by atoms with Gasteiger partial charge in [-0.15, -0.1) is 21.5 Å². The fourth-order valence-electron chi connectivity index (χ4n) is 2.83. The zero-order valence-electron chi connectivity index (χ0n) is 12.2. The zero-order valence-corrected chi connectivity index (χ0v) is 13.9. The first kappa shape index (κ1) is 14.0. The molecule has 3 heterocycles. The lowest BCUT2D eigenvalue weighted by Gasteiger charge is -2.10. The minimum Gasteiger partial charge on any atom is -0.383 e. The normalized spacial score (nSPS) is 14.4. The van der Waals surface area contributed by atoms with Crippen LogP contribution in [0.4, 0.5) is 5.82 Å². The summed E-state index contributed by atoms with van der Waals surface area (Å²) in [4.78, 5) is 11.7. The lowest BCUT2D eigenvalue weighted by Crippen LogP contribution is -2.02. The molecule has 0 atom stereocenters. The molecular formula is C14H16N6S2. The first-order chi connectivity index (χ1) is 10.7. The van der Waals surface area contributed by atoms with Crippen LogP contribution in [-0.2, 0) is 25.6 Å². The smallest absolute Gasteiger partial charge is 0.191 e. The van der Waals surface area contributed by atoms with Crippen LogP contribution in [0.2, 0.25) is 0 Å². The highest BCUT2D eigenvalue weighted by Gasteiger charge is 2.20. The second-order valence-corrected chi connectivity index (χ2v) is 7.46. The molecule has 0 aromatic carbocycles. The van der Waals surface area contributed by atoms with Crippen molar-refractivity contribution in [3.8, 4) is 0 Å². The summed E-state index contributed by atoms with van der Waals surface area (Å²) < 4.78 is 1.89. The van der Waals surface area contributed by atoms with E-state index in [0.717, 1.165) is 34.0 Å². The Balaban J connectivity index is 1.67. The van der Waals surface area contributed by atoms with Crippen LogP contribution in [0.25, 0.3) is 10.2 Å². The molecule has 6 nitrogen and oxygen atoms in total. The molecule has 0 aliphatic heterocycles. The van der Waals surface area contributed by atoms with Gasteiger partial charge in [-0.2, -0.15) is 0 Å². The van der Waals surface area contributed by atoms with E-state index in [1.807, 2.05) is 11.6 Å². The molecule has 3 aromatic rings. The Labute approximate surface area is 136 Å². The number of aromatic nitrogens is 5. The van der Waals surface area contributed by atoms with Crippen molar-refractivity contribution in [1.82, 2.24) is 24.7 Å². The number of nitrogens with zero attached hydrogens (tertiary/aromatic N) is 5. The molecule has 1 aliphatic carbocycles. The first-order valence-corrected chi connectivity index (χ1v) is 9.06. The number of rotatable bonds is 3. The monoisotopic (exact) mass is 332 g/mol. The summed E-state index contributed by atoms with van der Waals surface area (Å²) in [6.45, 7) is 0. The van der Waals surface area contributed by atoms with Crippen LogP contribution in [0.3, 0.4) is 0 Å². The summed E-state index contributed by atoms with van der Waals surface area (Å²) in [6.07, 6.45) is 6.45. The van der Waals surface area contributed by atoms with Crippen LogP contribution in [0, 0.1) is 0 Å². The van der Waals surface area contributed by atoms with E-state index in [1.165, 1.54) is 23.3 Å². The van der Waals surface area contributed by atoms with Crippen molar-refractivity contribution < 1.29 is 0 Å². The minimum absolute atomic E-state index is 0.623. The van der Waals surface area contributed by atoms with E-state index in [1.54, 1.807) is 29.4 Å². The number of hydrogen-bond acceptors (Lipinski definition) is 7. The summed E-state index contributed by atoms with van der Waals surface area (Å²) >= 11 is 3.35. The summed E-state index contributed by atoms with van der Waals surface area (Å²) in [7, 11) is 1.92. The van der Waals surface area contributed by atoms with Gasteiger partial charge in [0, 0.05) is 11.9 Å². The molecule has 0 unspecified atom stereocenters. The number of thioether (sulfide) groups is 1. The third-order valence-electron chi connectivity index (χ3n) is 3.89. The number of aryl methyl sites for hydroxylation is 3. The minimum atomic E-state index is 0.623. The van der Waals surface area contributed by atoms with Crippen molar-refractivity contribution >= 4 is 39.1 Å². The van der Waals surface area contributed by atoms with Crippen molar-refractivity contribution in [2.75, 3.05) is 5.73 Å². The molecule has 0 amide bonds. The Kier molecular flexibility index (Phi) is 3.50. The quantitative estimate of drug-likeness (QED) is 0.742. The SMILES string of the molecule is Cn1cnnc1SCc1nc(N)c2c3c(sc2n1)CCCC3. The number of thiophene rings is 1. The molecule has 2 N–H and O–H groups in total. The predicted octanol–water partition coefficient (Wildman–Crippen LogP) is 2.57. The molecule has 4 rings (SSSR count). The van der Waals surface area contributed by atoms with Gasteiger partial charge < -0.3 is 10.3 Å². The van der Waals surface area contributed by atoms with Crippen molar-refractivity contribution in [3.05, 3.63) is 22.6 Å². The van der Waals surface area contributed by atoms with E-state index in [4.69, 9.17) is 10.7 Å². The number of nitrogens with two attached hydrogens (primary N) is 1. The third-order valence-corrected chi connectivity index (χ3v) is 6.11. The molecule has 0 saturated heterocycles. The van der Waals surface area contributed by atoms with Crippen molar-refractivity contribution in [2.24, 2.45) is 7.05 Å². The zero-order chi connectivity index (χ0) is 15.1. The van der Waals surface area contributed by atoms with Gasteiger partial charge >= 0.3 is 0 Å². The maximum Gasteiger partial charge on any atom is 0.191 e. The average molecular weight is 332 g/mol. The fourth-order valence-corrected chi connectivity index (χ4v) is 4.86. The highest BCUT2D eigenvalue weighted by atomic mass is 32.2. The molecule has 114 valence electrons. The van der Waals surface area contributed by atoms with Crippen molar-refractivity contribution in [3.63, 3.8) is 0 Å². The van der Waals surface area contributed by atoms with Crippen molar-refractivity contribution in [2.45, 2.75) is 36.6 Å². The Hall–Kier alpha value is -1.67. The van der Waals surface area contributed by atoms with Gasteiger partial charge in [-0.3, -0.25) is 0 Å². The lowest BCUT2D eigenvalue weighted by atomic mass is 9.97. The van der Waals surface area contributed by atoms with Gasteiger partial charge in [0.05, 0.1) is 11.1 Å². The van der Waals surface area contributed by atoms with E-state index in [0.29, 0.717) is 11.6 Å². The second kappa shape index (κ2) is 5.51. The Morgan fingerprint density at radius 2 is 2.18 bits per heavy atom. The van der Waals surface area contributed by atoms with Gasteiger partial charge in [-0.25, -0.2) is 9.97 Å². The lowest BCUT2D eigenvalue weighted by molar-refractivity contribution is 0.700. The fraction of sp³-hybridized carbons (Fsp3) is 0.429. The van der Waals surface area contributed by atoms with Gasteiger partial charge in [0.15, 0.2) is 5.16 Å². The largest absolute Gasteiger partial charge is 0.383 e. The topological polar surface area (TPSA) is 82.5 Å². The summed E-state index contributed by atoms with van der Waals surface area (Å²) in [5.41, 5.74) is 7.60. The first-order valence-electron chi connectivity index (χ1n) is 7.26. The molecule has 0 saturated carbocycles. The summed E-state index contributed by atoms with van der Waals surface area (Å²) in [5.74, 6) is 2.03. The maximum atomic E-state index is 6.22. The van der Waals surface area contributed by atoms with Crippen LogP contribution in [0.1, 0.15) is 29.1 Å². The molecule has 3 aromatic heterocycles. The highest BCUT2D eigenvalue weighted by molar-refractivity contribution is 7.98. The summed E-state index contributed by atoms with van der Waals surface area (Å²) in [5, 5.41) is 9.88. The number of anilines is 1. The molecule has 22 heavy (non-hydrogen) atoms. The van der Waals surface area contributed by atoms with Crippen LogP contribution < -0.4 is 5.73 Å². The maximum absolute atomic E-state index is 6.22. The van der Waals surface area contributed by atoms with E-state index in [9.17, 15) is 0 Å². The average Bonchev–Trinajstić information content (AvgIpc) is 3.08. The molecule has 8 heteroatoms. The molecule has 1 aliphatic rings. The van der Waals surface area contributed by atoms with Gasteiger partial charge in [0.25, 0.3) is 0 Å².